The highest BCUT2D eigenvalue weighted by atomic mass is 19.1. The largest absolute Gasteiger partial charge is 0.460 e. The summed E-state index contributed by atoms with van der Waals surface area (Å²) in [5.41, 5.74) is 0.137. The van der Waals surface area contributed by atoms with Crippen LogP contribution in [0.2, 0.25) is 0 Å². The standard InChI is InChI=1S/C16H24FNO3/c1-11(9-15(20)21-16(2,3)4)18-10-14(19)12-5-7-13(17)8-6-12/h5-8,11,14,18-19H,9-10H2,1-4H3. The van der Waals surface area contributed by atoms with Crippen molar-refractivity contribution in [1.82, 2.24) is 5.32 Å². The van der Waals surface area contributed by atoms with E-state index in [0.717, 1.165) is 0 Å². The lowest BCUT2D eigenvalue weighted by molar-refractivity contribution is -0.155. The van der Waals surface area contributed by atoms with Crippen LogP contribution in [0.1, 0.15) is 45.8 Å². The van der Waals surface area contributed by atoms with Crippen LogP contribution in [0.3, 0.4) is 0 Å². The maximum Gasteiger partial charge on any atom is 0.307 e. The predicted octanol–water partition coefficient (Wildman–Crippen LogP) is 2.57. The van der Waals surface area contributed by atoms with Crippen LogP contribution in [0.5, 0.6) is 0 Å². The van der Waals surface area contributed by atoms with Gasteiger partial charge < -0.3 is 15.2 Å². The third-order valence-electron chi connectivity index (χ3n) is 2.81. The maximum atomic E-state index is 12.8. The van der Waals surface area contributed by atoms with Crippen molar-refractivity contribution < 1.29 is 19.0 Å². The molecule has 0 fully saturated rings. The first-order valence-corrected chi connectivity index (χ1v) is 7.06. The number of esters is 1. The zero-order chi connectivity index (χ0) is 16.0. The molecule has 0 saturated heterocycles. The molecule has 0 heterocycles. The second-order valence-corrected chi connectivity index (χ2v) is 6.17. The molecule has 2 unspecified atom stereocenters. The summed E-state index contributed by atoms with van der Waals surface area (Å²) in [7, 11) is 0. The van der Waals surface area contributed by atoms with E-state index in [1.165, 1.54) is 12.1 Å². The van der Waals surface area contributed by atoms with Crippen molar-refractivity contribution in [1.29, 1.82) is 0 Å². The summed E-state index contributed by atoms with van der Waals surface area (Å²) in [4.78, 5) is 11.7. The monoisotopic (exact) mass is 297 g/mol. The number of nitrogens with one attached hydrogen (secondary N) is 1. The summed E-state index contributed by atoms with van der Waals surface area (Å²) < 4.78 is 18.0. The molecule has 4 nitrogen and oxygen atoms in total. The molecule has 2 atom stereocenters. The smallest absolute Gasteiger partial charge is 0.307 e. The van der Waals surface area contributed by atoms with E-state index in [2.05, 4.69) is 5.32 Å². The summed E-state index contributed by atoms with van der Waals surface area (Å²) in [6, 6.07) is 5.58. The molecule has 0 radical (unpaired) electrons. The molecule has 0 aliphatic carbocycles. The average molecular weight is 297 g/mol. The fraction of sp³-hybridized carbons (Fsp3) is 0.562. The summed E-state index contributed by atoms with van der Waals surface area (Å²) in [6.45, 7) is 7.60. The van der Waals surface area contributed by atoms with Crippen molar-refractivity contribution in [2.24, 2.45) is 0 Å². The Morgan fingerprint density at radius 1 is 1.33 bits per heavy atom. The predicted molar refractivity (Wildman–Crippen MR) is 79.3 cm³/mol. The third-order valence-corrected chi connectivity index (χ3v) is 2.81. The zero-order valence-electron chi connectivity index (χ0n) is 13.0. The van der Waals surface area contributed by atoms with Crippen LogP contribution in [-0.2, 0) is 9.53 Å². The van der Waals surface area contributed by atoms with Gasteiger partial charge in [0, 0.05) is 12.6 Å². The molecular formula is C16H24FNO3. The van der Waals surface area contributed by atoms with Gasteiger partial charge in [-0.25, -0.2) is 4.39 Å². The Hall–Kier alpha value is -1.46. The van der Waals surface area contributed by atoms with E-state index in [-0.39, 0.29) is 30.8 Å². The molecule has 2 N–H and O–H groups in total. The molecule has 0 aliphatic rings. The highest BCUT2D eigenvalue weighted by Gasteiger charge is 2.18. The van der Waals surface area contributed by atoms with E-state index in [9.17, 15) is 14.3 Å². The molecular weight excluding hydrogens is 273 g/mol. The van der Waals surface area contributed by atoms with Crippen molar-refractivity contribution in [2.45, 2.75) is 51.9 Å². The van der Waals surface area contributed by atoms with Crippen LogP contribution in [0, 0.1) is 5.82 Å². The highest BCUT2D eigenvalue weighted by molar-refractivity contribution is 5.70. The number of aliphatic hydroxyl groups excluding tert-OH is 1. The minimum atomic E-state index is -0.744. The Balaban J connectivity index is 2.37. The molecule has 118 valence electrons. The van der Waals surface area contributed by atoms with Crippen LogP contribution in [0.25, 0.3) is 0 Å². The number of benzene rings is 1. The van der Waals surface area contributed by atoms with Gasteiger partial charge in [-0.05, 0) is 45.4 Å². The first-order chi connectivity index (χ1) is 9.67. The minimum Gasteiger partial charge on any atom is -0.460 e. The summed E-state index contributed by atoms with van der Waals surface area (Å²) in [6.07, 6.45) is -0.514. The summed E-state index contributed by atoms with van der Waals surface area (Å²) in [5, 5.41) is 13.0. The Morgan fingerprint density at radius 3 is 2.43 bits per heavy atom. The van der Waals surface area contributed by atoms with E-state index in [1.807, 2.05) is 27.7 Å². The lowest BCUT2D eigenvalue weighted by Crippen LogP contribution is -2.34. The van der Waals surface area contributed by atoms with Gasteiger partial charge in [0.05, 0.1) is 12.5 Å². The van der Waals surface area contributed by atoms with E-state index in [0.29, 0.717) is 5.56 Å². The molecule has 0 aromatic heterocycles. The van der Waals surface area contributed by atoms with Gasteiger partial charge in [-0.3, -0.25) is 4.79 Å². The van der Waals surface area contributed by atoms with Gasteiger partial charge in [0.1, 0.15) is 11.4 Å². The number of ether oxygens (including phenoxy) is 1. The van der Waals surface area contributed by atoms with E-state index < -0.39 is 11.7 Å². The lowest BCUT2D eigenvalue weighted by atomic mass is 10.1. The summed E-state index contributed by atoms with van der Waals surface area (Å²) >= 11 is 0. The van der Waals surface area contributed by atoms with Crippen LogP contribution >= 0.6 is 0 Å². The number of carbonyl (C=O) groups is 1. The van der Waals surface area contributed by atoms with Gasteiger partial charge in [0.15, 0.2) is 0 Å². The number of aliphatic hydroxyl groups is 1. The second kappa shape index (κ2) is 7.52. The SMILES string of the molecule is CC(CC(=O)OC(C)(C)C)NCC(O)c1ccc(F)cc1. The van der Waals surface area contributed by atoms with Crippen molar-refractivity contribution in [2.75, 3.05) is 6.54 Å². The fourth-order valence-corrected chi connectivity index (χ4v) is 1.82. The van der Waals surface area contributed by atoms with Gasteiger partial charge in [-0.1, -0.05) is 12.1 Å². The quantitative estimate of drug-likeness (QED) is 0.792. The van der Waals surface area contributed by atoms with Crippen molar-refractivity contribution in [3.05, 3.63) is 35.6 Å². The Bertz CT molecular complexity index is 454. The second-order valence-electron chi connectivity index (χ2n) is 6.17. The molecule has 1 rings (SSSR count). The van der Waals surface area contributed by atoms with E-state index >= 15 is 0 Å². The van der Waals surface area contributed by atoms with Gasteiger partial charge >= 0.3 is 5.97 Å². The molecule has 21 heavy (non-hydrogen) atoms. The number of hydrogen-bond acceptors (Lipinski definition) is 4. The van der Waals surface area contributed by atoms with Gasteiger partial charge in [-0.2, -0.15) is 0 Å². The van der Waals surface area contributed by atoms with E-state index in [1.54, 1.807) is 12.1 Å². The molecule has 5 heteroatoms. The third kappa shape index (κ3) is 7.20. The molecule has 0 spiro atoms. The Kier molecular flexibility index (Phi) is 6.30. The molecule has 0 bridgehead atoms. The molecule has 0 aliphatic heterocycles. The fourth-order valence-electron chi connectivity index (χ4n) is 1.82. The molecule has 0 saturated carbocycles. The van der Waals surface area contributed by atoms with Gasteiger partial charge in [-0.15, -0.1) is 0 Å². The van der Waals surface area contributed by atoms with Gasteiger partial charge in [0.25, 0.3) is 0 Å². The Labute approximate surface area is 125 Å². The number of carbonyl (C=O) groups excluding carboxylic acids is 1. The minimum absolute atomic E-state index is 0.116. The Morgan fingerprint density at radius 2 is 1.90 bits per heavy atom. The first-order valence-electron chi connectivity index (χ1n) is 7.06. The normalized spacial score (nSPS) is 14.6. The zero-order valence-corrected chi connectivity index (χ0v) is 13.0. The maximum absolute atomic E-state index is 12.8. The molecule has 1 aromatic carbocycles. The van der Waals surface area contributed by atoms with Crippen molar-refractivity contribution in [3.8, 4) is 0 Å². The topological polar surface area (TPSA) is 58.6 Å². The lowest BCUT2D eigenvalue weighted by Gasteiger charge is -2.22. The van der Waals surface area contributed by atoms with Crippen LogP contribution < -0.4 is 5.32 Å². The molecule has 0 amide bonds. The first kappa shape index (κ1) is 17.6. The highest BCUT2D eigenvalue weighted by Crippen LogP contribution is 2.13. The van der Waals surface area contributed by atoms with Crippen molar-refractivity contribution >= 4 is 5.97 Å². The average Bonchev–Trinajstić information content (AvgIpc) is 2.34. The van der Waals surface area contributed by atoms with E-state index in [4.69, 9.17) is 4.74 Å². The van der Waals surface area contributed by atoms with Crippen molar-refractivity contribution in [3.63, 3.8) is 0 Å². The number of rotatable bonds is 6. The summed E-state index contributed by atoms with van der Waals surface area (Å²) in [5.74, 6) is -0.615. The number of hydrogen-bond donors (Lipinski definition) is 2. The van der Waals surface area contributed by atoms with Crippen LogP contribution in [0.15, 0.2) is 24.3 Å². The molecule has 1 aromatic rings. The number of halogens is 1. The van der Waals surface area contributed by atoms with Crippen LogP contribution in [-0.4, -0.2) is 29.3 Å². The van der Waals surface area contributed by atoms with Crippen LogP contribution in [0.4, 0.5) is 4.39 Å². The van der Waals surface area contributed by atoms with Gasteiger partial charge in [0.2, 0.25) is 0 Å².